The predicted molar refractivity (Wildman–Crippen MR) is 106 cm³/mol. The molecule has 0 nitrogen and oxygen atoms in total. The largest absolute Gasteiger partial charge is 0.143 e. The highest BCUT2D eigenvalue weighted by Gasteiger charge is 2.20. The van der Waals surface area contributed by atoms with E-state index in [1.165, 1.54) is 48.0 Å². The molecule has 2 aromatic rings. The van der Waals surface area contributed by atoms with Gasteiger partial charge in [-0.1, -0.05) is 60.2 Å². The summed E-state index contributed by atoms with van der Waals surface area (Å²) in [5, 5.41) is 0. The second-order valence-corrected chi connectivity index (χ2v) is 7.17. The molecule has 0 radical (unpaired) electrons. The molecule has 0 spiro atoms. The first-order chi connectivity index (χ1) is 11.8. The highest BCUT2D eigenvalue weighted by atomic mass is 32.1. The molecular weight excluding hydrogens is 308 g/mol. The zero-order valence-electron chi connectivity index (χ0n) is 13.8. The van der Waals surface area contributed by atoms with E-state index in [-0.39, 0.29) is 0 Å². The van der Waals surface area contributed by atoms with E-state index in [1.807, 2.05) is 0 Å². The van der Waals surface area contributed by atoms with Crippen molar-refractivity contribution in [3.05, 3.63) is 89.0 Å². The molecule has 2 aliphatic carbocycles. The van der Waals surface area contributed by atoms with Crippen molar-refractivity contribution in [3.8, 4) is 0 Å². The Morgan fingerprint density at radius 2 is 1.42 bits per heavy atom. The summed E-state index contributed by atoms with van der Waals surface area (Å²) in [6.45, 7) is 0. The van der Waals surface area contributed by atoms with Gasteiger partial charge in [0, 0.05) is 4.90 Å². The maximum atomic E-state index is 4.41. The van der Waals surface area contributed by atoms with Gasteiger partial charge in [-0.25, -0.2) is 0 Å². The smallest absolute Gasteiger partial charge is 0.00403 e. The summed E-state index contributed by atoms with van der Waals surface area (Å²) in [7, 11) is 0. The molecule has 1 saturated carbocycles. The minimum Gasteiger partial charge on any atom is -0.143 e. The monoisotopic (exact) mass is 330 g/mol. The Hall–Kier alpha value is -1.99. The SMILES string of the molecule is Sc1ccc(C2=CC=C(c3ccccc3)C(=C3CCCC3)C2)cc1. The molecule has 0 saturated heterocycles. The molecule has 0 bridgehead atoms. The molecule has 4 rings (SSSR count). The van der Waals surface area contributed by atoms with Crippen LogP contribution in [0.5, 0.6) is 0 Å². The van der Waals surface area contributed by atoms with Crippen LogP contribution >= 0.6 is 12.6 Å². The second kappa shape index (κ2) is 6.86. The average molecular weight is 330 g/mol. The third kappa shape index (κ3) is 3.14. The minimum absolute atomic E-state index is 1.02. The zero-order valence-corrected chi connectivity index (χ0v) is 14.7. The van der Waals surface area contributed by atoms with Crippen LogP contribution in [0.4, 0.5) is 0 Å². The molecular formula is C23H22S. The summed E-state index contributed by atoms with van der Waals surface area (Å²) >= 11 is 4.41. The van der Waals surface area contributed by atoms with Crippen molar-refractivity contribution in [1.82, 2.24) is 0 Å². The van der Waals surface area contributed by atoms with Gasteiger partial charge >= 0.3 is 0 Å². The van der Waals surface area contributed by atoms with Gasteiger partial charge in [-0.15, -0.1) is 12.6 Å². The van der Waals surface area contributed by atoms with Crippen LogP contribution in [-0.4, -0.2) is 0 Å². The van der Waals surface area contributed by atoms with E-state index in [2.05, 4.69) is 79.4 Å². The van der Waals surface area contributed by atoms with Gasteiger partial charge in [0.25, 0.3) is 0 Å². The molecule has 0 N–H and O–H groups in total. The standard InChI is InChI=1S/C23H22S/c24-21-13-10-17(11-14-21)20-12-15-22(18-6-2-1-3-7-18)23(16-20)19-8-4-5-9-19/h1-3,6-7,10-15,24H,4-5,8-9,16H2. The lowest BCUT2D eigenvalue weighted by Gasteiger charge is -2.22. The Balaban J connectivity index is 1.78. The van der Waals surface area contributed by atoms with E-state index in [9.17, 15) is 0 Å². The van der Waals surface area contributed by atoms with Crippen molar-refractivity contribution >= 4 is 23.8 Å². The summed E-state index contributed by atoms with van der Waals surface area (Å²) in [6, 6.07) is 19.4. The number of hydrogen-bond donors (Lipinski definition) is 1. The van der Waals surface area contributed by atoms with E-state index in [0.29, 0.717) is 0 Å². The summed E-state index contributed by atoms with van der Waals surface area (Å²) in [5.74, 6) is 0. The van der Waals surface area contributed by atoms with Crippen molar-refractivity contribution in [1.29, 1.82) is 0 Å². The maximum absolute atomic E-state index is 4.41. The van der Waals surface area contributed by atoms with Crippen LogP contribution in [-0.2, 0) is 0 Å². The Bertz CT molecular complexity index is 812. The van der Waals surface area contributed by atoms with Gasteiger partial charge < -0.3 is 0 Å². The van der Waals surface area contributed by atoms with Gasteiger partial charge in [0.1, 0.15) is 0 Å². The molecule has 1 fully saturated rings. The lowest BCUT2D eigenvalue weighted by molar-refractivity contribution is 0.886. The Kier molecular flexibility index (Phi) is 4.44. The van der Waals surface area contributed by atoms with Gasteiger partial charge in [0.2, 0.25) is 0 Å². The first kappa shape index (κ1) is 15.5. The fraction of sp³-hybridized carbons (Fsp3) is 0.217. The van der Waals surface area contributed by atoms with Gasteiger partial charge in [-0.3, -0.25) is 0 Å². The lowest BCUT2D eigenvalue weighted by Crippen LogP contribution is -2.01. The van der Waals surface area contributed by atoms with Crippen molar-refractivity contribution in [2.45, 2.75) is 37.0 Å². The molecule has 1 heteroatoms. The van der Waals surface area contributed by atoms with Gasteiger partial charge in [-0.05, 0) is 72.1 Å². The van der Waals surface area contributed by atoms with Crippen LogP contribution < -0.4 is 0 Å². The third-order valence-electron chi connectivity index (χ3n) is 5.10. The highest BCUT2D eigenvalue weighted by molar-refractivity contribution is 7.80. The fourth-order valence-corrected chi connectivity index (χ4v) is 3.96. The molecule has 0 heterocycles. The Morgan fingerprint density at radius 1 is 0.708 bits per heavy atom. The van der Waals surface area contributed by atoms with Crippen LogP contribution in [0, 0.1) is 0 Å². The number of hydrogen-bond acceptors (Lipinski definition) is 1. The molecule has 0 aromatic heterocycles. The highest BCUT2D eigenvalue weighted by Crippen LogP contribution is 2.41. The second-order valence-electron chi connectivity index (χ2n) is 6.65. The lowest BCUT2D eigenvalue weighted by atomic mass is 9.83. The zero-order chi connectivity index (χ0) is 16.4. The quantitative estimate of drug-likeness (QED) is 0.581. The summed E-state index contributed by atoms with van der Waals surface area (Å²) in [6.07, 6.45) is 10.9. The summed E-state index contributed by atoms with van der Waals surface area (Å²) < 4.78 is 0. The van der Waals surface area contributed by atoms with E-state index in [0.717, 1.165) is 11.3 Å². The van der Waals surface area contributed by atoms with Crippen molar-refractivity contribution in [3.63, 3.8) is 0 Å². The molecule has 0 unspecified atom stereocenters. The average Bonchev–Trinajstić information content (AvgIpc) is 3.17. The number of thiol groups is 1. The van der Waals surface area contributed by atoms with Gasteiger partial charge in [0.15, 0.2) is 0 Å². The van der Waals surface area contributed by atoms with Crippen LogP contribution in [0.1, 0.15) is 43.2 Å². The first-order valence-electron chi connectivity index (χ1n) is 8.78. The van der Waals surface area contributed by atoms with Crippen molar-refractivity contribution < 1.29 is 0 Å². The topological polar surface area (TPSA) is 0 Å². The van der Waals surface area contributed by atoms with Crippen LogP contribution in [0.3, 0.4) is 0 Å². The molecule has 24 heavy (non-hydrogen) atoms. The summed E-state index contributed by atoms with van der Waals surface area (Å²) in [5.41, 5.74) is 8.72. The molecule has 2 aliphatic rings. The van der Waals surface area contributed by atoms with E-state index < -0.39 is 0 Å². The van der Waals surface area contributed by atoms with Gasteiger partial charge in [0.05, 0.1) is 0 Å². The van der Waals surface area contributed by atoms with Crippen LogP contribution in [0.2, 0.25) is 0 Å². The van der Waals surface area contributed by atoms with Crippen molar-refractivity contribution in [2.24, 2.45) is 0 Å². The first-order valence-corrected chi connectivity index (χ1v) is 9.23. The predicted octanol–water partition coefficient (Wildman–Crippen LogP) is 6.72. The van der Waals surface area contributed by atoms with Gasteiger partial charge in [-0.2, -0.15) is 0 Å². The molecule has 0 atom stereocenters. The Morgan fingerprint density at radius 3 is 2.12 bits per heavy atom. The van der Waals surface area contributed by atoms with Crippen LogP contribution in [0.15, 0.2) is 82.8 Å². The number of allylic oxidation sites excluding steroid dienone is 6. The normalized spacial score (nSPS) is 17.7. The number of benzene rings is 2. The number of rotatable bonds is 2. The minimum atomic E-state index is 1.02. The van der Waals surface area contributed by atoms with Crippen LogP contribution in [0.25, 0.3) is 11.1 Å². The van der Waals surface area contributed by atoms with E-state index in [1.54, 1.807) is 11.1 Å². The fourth-order valence-electron chi connectivity index (χ4n) is 3.81. The molecule has 0 amide bonds. The molecule has 120 valence electrons. The summed E-state index contributed by atoms with van der Waals surface area (Å²) in [4.78, 5) is 1.02. The van der Waals surface area contributed by atoms with E-state index in [4.69, 9.17) is 0 Å². The third-order valence-corrected chi connectivity index (χ3v) is 5.40. The maximum Gasteiger partial charge on any atom is 0.00403 e. The molecule has 2 aromatic carbocycles. The Labute approximate surface area is 150 Å². The van der Waals surface area contributed by atoms with Crippen molar-refractivity contribution in [2.75, 3.05) is 0 Å². The molecule has 0 aliphatic heterocycles. The van der Waals surface area contributed by atoms with E-state index >= 15 is 0 Å².